The van der Waals surface area contributed by atoms with Crippen molar-refractivity contribution in [3.8, 4) is 0 Å². The van der Waals surface area contributed by atoms with Gasteiger partial charge in [0.15, 0.2) is 7.11 Å². The first kappa shape index (κ1) is 26.0. The lowest BCUT2D eigenvalue weighted by Gasteiger charge is -2.27. The van der Waals surface area contributed by atoms with Gasteiger partial charge < -0.3 is 24.2 Å². The van der Waals surface area contributed by atoms with Crippen LogP contribution in [0.2, 0.25) is 0 Å². The number of methoxy groups -OCH3 is 2. The zero-order chi connectivity index (χ0) is 24.1. The molecule has 1 aliphatic rings. The van der Waals surface area contributed by atoms with Gasteiger partial charge in [0.25, 0.3) is 5.56 Å². The minimum absolute atomic E-state index is 0.0340. The van der Waals surface area contributed by atoms with E-state index in [0.717, 1.165) is 18.8 Å². The van der Waals surface area contributed by atoms with E-state index >= 15 is 0 Å². The molecule has 0 bridgehead atoms. The quantitative estimate of drug-likeness (QED) is 0.115. The SMILES string of the molecule is COC(=O)CC(N[P+]([O-])(ON)OC[C@H]1O[C@@H](n2cc(C)c(=O)[nH]c2=O)C[C@H]1O)C(=[O+])OC. The number of hydrogen-bond donors (Lipinski definition) is 4. The van der Waals surface area contributed by atoms with Crippen molar-refractivity contribution in [3.05, 3.63) is 32.6 Å². The molecule has 16 heteroatoms. The fourth-order valence-electron chi connectivity index (χ4n) is 2.87. The Morgan fingerprint density at radius 3 is 2.78 bits per heavy atom. The molecule has 15 nitrogen and oxygen atoms in total. The van der Waals surface area contributed by atoms with E-state index < -0.39 is 68.8 Å². The first-order chi connectivity index (χ1) is 15.0. The second kappa shape index (κ2) is 11.1. The molecule has 1 aromatic heterocycles. The second-order valence-corrected chi connectivity index (χ2v) is 8.52. The second-order valence-electron chi connectivity index (χ2n) is 6.79. The summed E-state index contributed by atoms with van der Waals surface area (Å²) < 4.78 is 25.2. The molecule has 1 saturated heterocycles. The smallest absolute Gasteiger partial charge is 0.595 e. The van der Waals surface area contributed by atoms with Crippen LogP contribution in [-0.2, 0) is 32.9 Å². The van der Waals surface area contributed by atoms with E-state index in [0.29, 0.717) is 0 Å². The molecule has 2 heterocycles. The van der Waals surface area contributed by atoms with Crippen molar-refractivity contribution in [1.29, 1.82) is 0 Å². The lowest BCUT2D eigenvalue weighted by Crippen LogP contribution is -2.45. The number of aliphatic hydroxyl groups is 1. The number of aryl methyl sites for hydroxylation is 1. The summed E-state index contributed by atoms with van der Waals surface area (Å²) in [7, 11) is -2.23. The van der Waals surface area contributed by atoms with E-state index in [1.165, 1.54) is 13.1 Å². The summed E-state index contributed by atoms with van der Waals surface area (Å²) in [6.07, 6.45) is -2.45. The molecule has 2 rings (SSSR count). The summed E-state index contributed by atoms with van der Waals surface area (Å²) in [5, 5.41) is 12.4. The Hall–Kier alpha value is -2.23. The number of nitrogens with zero attached hydrogens (tertiary/aromatic N) is 1. The first-order valence-corrected chi connectivity index (χ1v) is 10.8. The van der Waals surface area contributed by atoms with Crippen molar-refractivity contribution in [2.45, 2.75) is 44.2 Å². The van der Waals surface area contributed by atoms with E-state index in [-0.39, 0.29) is 12.0 Å². The molecule has 0 spiro atoms. The summed E-state index contributed by atoms with van der Waals surface area (Å²) in [4.78, 5) is 61.8. The Kier molecular flexibility index (Phi) is 9.00. The first-order valence-electron chi connectivity index (χ1n) is 9.24. The number of H-pyrrole nitrogens is 1. The lowest BCUT2D eigenvalue weighted by atomic mass is 10.2. The van der Waals surface area contributed by atoms with Crippen molar-refractivity contribution in [2.75, 3.05) is 20.8 Å². The number of aliphatic hydroxyl groups excluding tert-OH is 1. The van der Waals surface area contributed by atoms with Gasteiger partial charge in [-0.25, -0.2) is 4.79 Å². The average Bonchev–Trinajstić information content (AvgIpc) is 3.13. The van der Waals surface area contributed by atoms with Gasteiger partial charge in [0.05, 0.1) is 24.4 Å². The number of aromatic amines is 1. The number of nitrogens with two attached hydrogens (primary N) is 1. The van der Waals surface area contributed by atoms with Crippen molar-refractivity contribution in [3.63, 3.8) is 0 Å². The van der Waals surface area contributed by atoms with Crippen LogP contribution in [-0.4, -0.2) is 65.7 Å². The van der Waals surface area contributed by atoms with E-state index in [2.05, 4.69) is 24.2 Å². The van der Waals surface area contributed by atoms with Crippen molar-refractivity contribution in [1.82, 2.24) is 14.6 Å². The van der Waals surface area contributed by atoms with Gasteiger partial charge in [-0.15, -0.1) is 9.71 Å². The molecule has 179 valence electrons. The lowest BCUT2D eigenvalue weighted by molar-refractivity contribution is -0.228. The monoisotopic (exact) mass is 480 g/mol. The van der Waals surface area contributed by atoms with E-state index in [9.17, 15) is 29.2 Å². The summed E-state index contributed by atoms with van der Waals surface area (Å²) in [5.74, 6) is 3.28. The zero-order valence-electron chi connectivity index (χ0n) is 17.5. The molecule has 0 amide bonds. The van der Waals surface area contributed by atoms with Crippen LogP contribution < -0.4 is 27.1 Å². The number of esters is 2. The van der Waals surface area contributed by atoms with Gasteiger partial charge in [0.1, 0.15) is 18.9 Å². The summed E-state index contributed by atoms with van der Waals surface area (Å²) in [6.45, 7) is 0.968. The van der Waals surface area contributed by atoms with Gasteiger partial charge in [-0.1, -0.05) is 0 Å². The maximum absolute atomic E-state index is 12.8. The third kappa shape index (κ3) is 6.40. The van der Waals surface area contributed by atoms with Crippen molar-refractivity contribution in [2.24, 2.45) is 5.90 Å². The Balaban J connectivity index is 2.07. The predicted octanol–water partition coefficient (Wildman–Crippen LogP) is -2.87. The van der Waals surface area contributed by atoms with Crippen LogP contribution in [0.3, 0.4) is 0 Å². The zero-order valence-corrected chi connectivity index (χ0v) is 18.4. The molecule has 0 aromatic carbocycles. The van der Waals surface area contributed by atoms with Crippen LogP contribution in [0.15, 0.2) is 15.8 Å². The van der Waals surface area contributed by atoms with Gasteiger partial charge >= 0.3 is 25.7 Å². The number of hydrogen-bond acceptors (Lipinski definition) is 13. The highest BCUT2D eigenvalue weighted by Crippen LogP contribution is 2.47. The number of rotatable bonds is 10. The maximum Gasteiger partial charge on any atom is 0.595 e. The molecule has 1 fully saturated rings. The third-order valence-corrected chi connectivity index (χ3v) is 6.00. The van der Waals surface area contributed by atoms with Gasteiger partial charge in [-0.2, -0.15) is 10.4 Å². The number of aromatic nitrogens is 2. The standard InChI is InChI=1S/C16H25N4O11P/c1-8-6-20(16(25)18-14(8)23)12-5-10(21)11(30-12)7-29-32(26,31-17)19-9(15(24)28-3)4-13(22)27-2/h6,9-12,21H,4-5,7,17H2,1-3H3,(H,19,26)(H,18,23,25)/q+1/t9?,10-,11-,12-,32?/m1/s1. The molecule has 1 aromatic rings. The minimum atomic E-state index is -4.37. The molecule has 0 aliphatic carbocycles. The highest BCUT2D eigenvalue weighted by molar-refractivity contribution is 7.57. The molecule has 1 radical (unpaired) electrons. The van der Waals surface area contributed by atoms with Crippen LogP contribution in [0.5, 0.6) is 0 Å². The van der Waals surface area contributed by atoms with E-state index in [4.69, 9.17) is 15.2 Å². The highest BCUT2D eigenvalue weighted by atomic mass is 31.2. The van der Waals surface area contributed by atoms with Gasteiger partial charge in [-0.3, -0.25) is 19.1 Å². The summed E-state index contributed by atoms with van der Waals surface area (Å²) in [6, 6.07) is -1.47. The topological polar surface area (TPSA) is 219 Å². The molecule has 5 N–H and O–H groups in total. The average molecular weight is 480 g/mol. The number of nitrogens with one attached hydrogen (secondary N) is 2. The molecule has 32 heavy (non-hydrogen) atoms. The summed E-state index contributed by atoms with van der Waals surface area (Å²) in [5.41, 5.74) is -1.03. The van der Waals surface area contributed by atoms with Crippen LogP contribution in [0, 0.1) is 6.92 Å². The van der Waals surface area contributed by atoms with Crippen LogP contribution in [0.1, 0.15) is 24.6 Å². The van der Waals surface area contributed by atoms with Gasteiger partial charge in [-0.05, 0) is 6.92 Å². The molecule has 2 unspecified atom stereocenters. The Morgan fingerprint density at radius 2 is 2.19 bits per heavy atom. The van der Waals surface area contributed by atoms with Crippen molar-refractivity contribution < 1.29 is 42.9 Å². The molecular weight excluding hydrogens is 455 g/mol. The van der Waals surface area contributed by atoms with Crippen LogP contribution in [0.4, 0.5) is 0 Å². The number of carbonyl (C=O) groups excluding carboxylic acids is 2. The predicted molar refractivity (Wildman–Crippen MR) is 104 cm³/mol. The molecule has 1 aliphatic heterocycles. The normalized spacial score (nSPS) is 23.4. The number of ether oxygens (including phenoxy) is 3. The highest BCUT2D eigenvalue weighted by Gasteiger charge is 2.45. The fourth-order valence-corrected chi connectivity index (χ4v) is 3.99. The van der Waals surface area contributed by atoms with E-state index in [1.807, 2.05) is 0 Å². The summed E-state index contributed by atoms with van der Waals surface area (Å²) >= 11 is 0. The maximum atomic E-state index is 12.8. The van der Waals surface area contributed by atoms with Crippen molar-refractivity contribution >= 4 is 20.0 Å². The third-order valence-electron chi connectivity index (χ3n) is 4.61. The van der Waals surface area contributed by atoms with Crippen LogP contribution in [0.25, 0.3) is 0 Å². The van der Waals surface area contributed by atoms with E-state index in [1.54, 1.807) is 0 Å². The Labute approximate surface area is 182 Å². The van der Waals surface area contributed by atoms with Gasteiger partial charge in [0, 0.05) is 18.2 Å². The number of carbonyl (C=O) groups is 2. The fraction of sp³-hybridized carbons (Fsp3) is 0.625. The molecular formula is C16H25N4O11P+. The minimum Gasteiger partial charge on any atom is -0.615 e. The van der Waals surface area contributed by atoms with Gasteiger partial charge in [0.2, 0.25) is 6.04 Å². The molecule has 5 atom stereocenters. The largest absolute Gasteiger partial charge is 0.615 e. The van der Waals surface area contributed by atoms with Crippen LogP contribution >= 0.6 is 8.09 Å². The Morgan fingerprint density at radius 1 is 1.50 bits per heavy atom. The molecule has 0 saturated carbocycles. The Bertz CT molecular complexity index is 937.